The molecule has 2 aromatic rings. The average molecular weight is 252 g/mol. The summed E-state index contributed by atoms with van der Waals surface area (Å²) in [5, 5.41) is 10.8. The fourth-order valence-corrected chi connectivity index (χ4v) is 1.47. The molecule has 0 aliphatic rings. The van der Waals surface area contributed by atoms with Gasteiger partial charge in [-0.2, -0.15) is 0 Å². The lowest BCUT2D eigenvalue weighted by Gasteiger charge is -2.06. The minimum Gasteiger partial charge on any atom is -0.379 e. The molecule has 88 valence electrons. The van der Waals surface area contributed by atoms with E-state index in [1.807, 2.05) is 12.1 Å². The van der Waals surface area contributed by atoms with E-state index >= 15 is 0 Å². The van der Waals surface area contributed by atoms with Gasteiger partial charge in [0.1, 0.15) is 0 Å². The Balaban J connectivity index is 2.26. The number of amidine groups is 1. The van der Waals surface area contributed by atoms with Crippen LogP contribution in [0.2, 0.25) is 5.02 Å². The number of benzene rings is 1. The van der Waals surface area contributed by atoms with E-state index in [2.05, 4.69) is 25.3 Å². The van der Waals surface area contributed by atoms with Crippen molar-refractivity contribution in [1.29, 1.82) is 0 Å². The van der Waals surface area contributed by atoms with E-state index in [1.54, 1.807) is 19.2 Å². The second-order valence-corrected chi connectivity index (χ2v) is 3.64. The summed E-state index contributed by atoms with van der Waals surface area (Å²) in [6.07, 6.45) is 0. The molecule has 0 radical (unpaired) electrons. The highest BCUT2D eigenvalue weighted by atomic mass is 35.5. The van der Waals surface area contributed by atoms with Crippen LogP contribution in [0.4, 0.5) is 11.5 Å². The Morgan fingerprint density at radius 1 is 1.47 bits per heavy atom. The summed E-state index contributed by atoms with van der Waals surface area (Å²) in [5.41, 5.74) is 6.73. The summed E-state index contributed by atoms with van der Waals surface area (Å²) in [6.45, 7) is 0. The van der Waals surface area contributed by atoms with Crippen molar-refractivity contribution in [2.45, 2.75) is 0 Å². The number of halogens is 1. The summed E-state index contributed by atoms with van der Waals surface area (Å²) in [7, 11) is 1.61. The fraction of sp³-hybridized carbons (Fsp3) is 0.100. The summed E-state index contributed by atoms with van der Waals surface area (Å²) in [6, 6.07) is 7.21. The molecule has 1 aromatic heterocycles. The van der Waals surface area contributed by atoms with Crippen molar-refractivity contribution in [2.24, 2.45) is 4.99 Å². The second kappa shape index (κ2) is 4.84. The first-order valence-corrected chi connectivity index (χ1v) is 5.16. The third kappa shape index (κ3) is 2.54. The van der Waals surface area contributed by atoms with Gasteiger partial charge in [0, 0.05) is 17.8 Å². The van der Waals surface area contributed by atoms with Gasteiger partial charge in [0.05, 0.1) is 0 Å². The predicted octanol–water partition coefficient (Wildman–Crippen LogP) is 1.79. The number of nitrogens with zero attached hydrogens (tertiary/aromatic N) is 3. The Hall–Kier alpha value is -2.08. The number of nitrogens with two attached hydrogens (primary N) is 1. The first-order chi connectivity index (χ1) is 8.20. The molecule has 1 aromatic carbocycles. The van der Waals surface area contributed by atoms with Gasteiger partial charge in [-0.1, -0.05) is 17.7 Å². The highest BCUT2D eigenvalue weighted by Gasteiger charge is 2.13. The molecule has 1 heterocycles. The molecule has 17 heavy (non-hydrogen) atoms. The molecule has 0 unspecified atom stereocenters. The normalized spacial score (nSPS) is 11.5. The molecule has 2 rings (SSSR count). The van der Waals surface area contributed by atoms with E-state index in [9.17, 15) is 0 Å². The molecule has 3 N–H and O–H groups in total. The Bertz CT molecular complexity index is 551. The van der Waals surface area contributed by atoms with E-state index in [4.69, 9.17) is 17.3 Å². The lowest BCUT2D eigenvalue weighted by atomic mass is 10.3. The van der Waals surface area contributed by atoms with Crippen molar-refractivity contribution in [2.75, 3.05) is 18.1 Å². The van der Waals surface area contributed by atoms with Gasteiger partial charge in [0.15, 0.2) is 17.3 Å². The lowest BCUT2D eigenvalue weighted by Crippen LogP contribution is -2.15. The number of hydrogen-bond acceptors (Lipinski definition) is 5. The van der Waals surface area contributed by atoms with Crippen LogP contribution in [0.25, 0.3) is 0 Å². The minimum absolute atomic E-state index is 0.181. The monoisotopic (exact) mass is 251 g/mol. The van der Waals surface area contributed by atoms with Gasteiger partial charge in [0.25, 0.3) is 0 Å². The maximum absolute atomic E-state index is 5.88. The zero-order valence-electron chi connectivity index (χ0n) is 9.01. The van der Waals surface area contributed by atoms with Gasteiger partial charge >= 0.3 is 0 Å². The molecule has 0 amide bonds. The number of nitrogens with one attached hydrogen (secondary N) is 1. The van der Waals surface area contributed by atoms with Crippen LogP contribution in [0, 0.1) is 0 Å². The quantitative estimate of drug-likeness (QED) is 0.627. The molecule has 0 fully saturated rings. The second-order valence-electron chi connectivity index (χ2n) is 3.21. The number of anilines is 2. The highest BCUT2D eigenvalue weighted by Crippen LogP contribution is 2.16. The van der Waals surface area contributed by atoms with Crippen LogP contribution >= 0.6 is 11.6 Å². The number of aromatic nitrogens is 2. The van der Waals surface area contributed by atoms with Crippen LogP contribution < -0.4 is 11.1 Å². The van der Waals surface area contributed by atoms with Crippen LogP contribution in [0.3, 0.4) is 0 Å². The molecular formula is C10H10ClN5O. The maximum Gasteiger partial charge on any atom is 0.199 e. The fourth-order valence-electron chi connectivity index (χ4n) is 1.28. The van der Waals surface area contributed by atoms with Gasteiger partial charge in [0.2, 0.25) is 0 Å². The van der Waals surface area contributed by atoms with Crippen LogP contribution in [0.1, 0.15) is 5.69 Å². The summed E-state index contributed by atoms with van der Waals surface area (Å²) in [5.74, 6) is 0.645. The molecule has 0 saturated heterocycles. The molecule has 0 aliphatic heterocycles. The van der Waals surface area contributed by atoms with Crippen LogP contribution in [0.5, 0.6) is 0 Å². The molecule has 7 heteroatoms. The van der Waals surface area contributed by atoms with E-state index < -0.39 is 0 Å². The van der Waals surface area contributed by atoms with Gasteiger partial charge in [-0.3, -0.25) is 4.99 Å². The van der Waals surface area contributed by atoms with Gasteiger partial charge < -0.3 is 11.1 Å². The summed E-state index contributed by atoms with van der Waals surface area (Å²) < 4.78 is 4.52. The number of hydrogen-bond donors (Lipinski definition) is 2. The van der Waals surface area contributed by atoms with E-state index in [0.717, 1.165) is 5.69 Å². The summed E-state index contributed by atoms with van der Waals surface area (Å²) in [4.78, 5) is 4.04. The van der Waals surface area contributed by atoms with Crippen molar-refractivity contribution >= 4 is 28.9 Å². The smallest absolute Gasteiger partial charge is 0.199 e. The maximum atomic E-state index is 5.88. The first kappa shape index (κ1) is 11.4. The number of rotatable bonds is 2. The minimum atomic E-state index is 0.181. The lowest BCUT2D eigenvalue weighted by molar-refractivity contribution is 0.308. The Kier molecular flexibility index (Phi) is 3.24. The van der Waals surface area contributed by atoms with Gasteiger partial charge in [-0.05, 0) is 28.5 Å². The van der Waals surface area contributed by atoms with Crippen molar-refractivity contribution < 1.29 is 4.63 Å². The van der Waals surface area contributed by atoms with Gasteiger partial charge in [-0.25, -0.2) is 4.63 Å². The van der Waals surface area contributed by atoms with Gasteiger partial charge in [-0.15, -0.1) is 0 Å². The standard InChI is InChI=1S/C10H10ClN5O/c1-13-10(8-9(12)16-17-15-8)14-7-4-2-3-6(11)5-7/h2-5H,1H3,(H2,12,16)(H,13,14). The molecule has 0 saturated carbocycles. The molecule has 6 nitrogen and oxygen atoms in total. The topological polar surface area (TPSA) is 89.3 Å². The molecule has 0 bridgehead atoms. The van der Waals surface area contributed by atoms with Crippen LogP contribution in [-0.2, 0) is 0 Å². The van der Waals surface area contributed by atoms with E-state index in [0.29, 0.717) is 16.6 Å². The first-order valence-electron chi connectivity index (χ1n) is 4.78. The van der Waals surface area contributed by atoms with Crippen LogP contribution in [0.15, 0.2) is 33.9 Å². The van der Waals surface area contributed by atoms with E-state index in [1.165, 1.54) is 0 Å². The predicted molar refractivity (Wildman–Crippen MR) is 66.2 cm³/mol. The van der Waals surface area contributed by atoms with Crippen molar-refractivity contribution in [3.63, 3.8) is 0 Å². The largest absolute Gasteiger partial charge is 0.379 e. The average Bonchev–Trinajstić information content (AvgIpc) is 2.72. The third-order valence-corrected chi connectivity index (χ3v) is 2.28. The Labute approximate surface area is 102 Å². The number of nitrogen functional groups attached to an aromatic ring is 1. The Morgan fingerprint density at radius 2 is 2.29 bits per heavy atom. The van der Waals surface area contributed by atoms with Crippen molar-refractivity contribution in [3.8, 4) is 0 Å². The summed E-state index contributed by atoms with van der Waals surface area (Å²) >= 11 is 5.88. The third-order valence-electron chi connectivity index (χ3n) is 2.05. The van der Waals surface area contributed by atoms with Crippen molar-refractivity contribution in [3.05, 3.63) is 35.0 Å². The molecule has 0 aliphatic carbocycles. The highest BCUT2D eigenvalue weighted by molar-refractivity contribution is 6.31. The molecular weight excluding hydrogens is 242 g/mol. The van der Waals surface area contributed by atoms with Crippen molar-refractivity contribution in [1.82, 2.24) is 10.3 Å². The molecule has 0 spiro atoms. The van der Waals surface area contributed by atoms with Crippen LogP contribution in [-0.4, -0.2) is 23.2 Å². The van der Waals surface area contributed by atoms with E-state index in [-0.39, 0.29) is 5.82 Å². The SMILES string of the molecule is CN=C(Nc1cccc(Cl)c1)c1nonc1N. The Morgan fingerprint density at radius 3 is 2.88 bits per heavy atom. The molecule has 0 atom stereocenters. The number of aliphatic imine (C=N–C) groups is 1. The zero-order chi connectivity index (χ0) is 12.3. The zero-order valence-corrected chi connectivity index (χ0v) is 9.77.